The maximum atomic E-state index is 12.9. The number of hydrogen-bond acceptors (Lipinski definition) is 5. The number of amides is 3. The molecule has 3 rings (SSSR count). The van der Waals surface area contributed by atoms with Gasteiger partial charge in [-0.25, -0.2) is 9.82 Å². The van der Waals surface area contributed by atoms with Crippen LogP contribution in [-0.4, -0.2) is 30.5 Å². The Morgan fingerprint density at radius 1 is 0.912 bits per heavy atom. The van der Waals surface area contributed by atoms with Crippen molar-refractivity contribution in [2.75, 3.05) is 11.9 Å². The van der Waals surface area contributed by atoms with Crippen LogP contribution in [0.15, 0.2) is 77.9 Å². The van der Waals surface area contributed by atoms with E-state index in [1.165, 1.54) is 30.5 Å². The SMILES string of the molecule is O=C(COc1ccc(/C=N\NC(=O)C(=O)NCc2ccc(Cl)cc2)cc1)Nc1ccc(F)cc1. The van der Waals surface area contributed by atoms with E-state index >= 15 is 0 Å². The van der Waals surface area contributed by atoms with Gasteiger partial charge < -0.3 is 15.4 Å². The third kappa shape index (κ3) is 8.03. The minimum Gasteiger partial charge on any atom is -0.484 e. The molecule has 0 atom stereocenters. The van der Waals surface area contributed by atoms with Gasteiger partial charge in [-0.15, -0.1) is 0 Å². The molecule has 0 aliphatic heterocycles. The van der Waals surface area contributed by atoms with Crippen molar-refractivity contribution in [3.63, 3.8) is 0 Å². The average Bonchev–Trinajstić information content (AvgIpc) is 2.84. The first-order valence-electron chi connectivity index (χ1n) is 10.0. The highest BCUT2D eigenvalue weighted by atomic mass is 35.5. The van der Waals surface area contributed by atoms with Gasteiger partial charge in [-0.1, -0.05) is 23.7 Å². The number of hydrazone groups is 1. The van der Waals surface area contributed by atoms with Gasteiger partial charge in [-0.3, -0.25) is 14.4 Å². The number of halogens is 2. The van der Waals surface area contributed by atoms with Gasteiger partial charge in [0.05, 0.1) is 6.21 Å². The van der Waals surface area contributed by atoms with Crippen molar-refractivity contribution in [3.05, 3.63) is 94.8 Å². The van der Waals surface area contributed by atoms with Crippen molar-refractivity contribution < 1.29 is 23.5 Å². The van der Waals surface area contributed by atoms with E-state index < -0.39 is 23.5 Å². The second-order valence-electron chi connectivity index (χ2n) is 6.92. The second-order valence-corrected chi connectivity index (χ2v) is 7.36. The van der Waals surface area contributed by atoms with Crippen LogP contribution >= 0.6 is 11.6 Å². The van der Waals surface area contributed by atoms with Crippen molar-refractivity contribution in [3.8, 4) is 5.75 Å². The van der Waals surface area contributed by atoms with E-state index in [1.54, 1.807) is 48.5 Å². The zero-order valence-electron chi connectivity index (χ0n) is 17.8. The Morgan fingerprint density at radius 3 is 2.26 bits per heavy atom. The minimum atomic E-state index is -0.905. The summed E-state index contributed by atoms with van der Waals surface area (Å²) in [4.78, 5) is 35.6. The number of nitrogens with one attached hydrogen (secondary N) is 3. The van der Waals surface area contributed by atoms with Crippen LogP contribution in [-0.2, 0) is 20.9 Å². The Hall–Kier alpha value is -4.24. The minimum absolute atomic E-state index is 0.177. The van der Waals surface area contributed by atoms with Crippen molar-refractivity contribution >= 4 is 41.2 Å². The van der Waals surface area contributed by atoms with Crippen molar-refractivity contribution in [2.45, 2.75) is 6.54 Å². The Morgan fingerprint density at radius 2 is 1.59 bits per heavy atom. The molecule has 0 unspecified atom stereocenters. The zero-order valence-corrected chi connectivity index (χ0v) is 18.5. The third-order valence-corrected chi connectivity index (χ3v) is 4.58. The predicted molar refractivity (Wildman–Crippen MR) is 126 cm³/mol. The lowest BCUT2D eigenvalue weighted by atomic mass is 10.2. The highest BCUT2D eigenvalue weighted by molar-refractivity contribution is 6.35. The van der Waals surface area contributed by atoms with Gasteiger partial charge in [0.2, 0.25) is 0 Å². The van der Waals surface area contributed by atoms with Crippen LogP contribution in [0.5, 0.6) is 5.75 Å². The molecule has 10 heteroatoms. The molecule has 0 radical (unpaired) electrons. The zero-order chi connectivity index (χ0) is 24.3. The van der Waals surface area contributed by atoms with E-state index in [4.69, 9.17) is 16.3 Å². The summed E-state index contributed by atoms with van der Waals surface area (Å²) >= 11 is 5.80. The normalized spacial score (nSPS) is 10.5. The lowest BCUT2D eigenvalue weighted by Crippen LogP contribution is -2.37. The molecule has 0 saturated carbocycles. The Balaban J connectivity index is 1.39. The van der Waals surface area contributed by atoms with Crippen LogP contribution in [0.25, 0.3) is 0 Å². The van der Waals surface area contributed by atoms with E-state index in [9.17, 15) is 18.8 Å². The summed E-state index contributed by atoms with van der Waals surface area (Å²) in [7, 11) is 0. The average molecular weight is 483 g/mol. The Kier molecular flexibility index (Phi) is 8.70. The summed E-state index contributed by atoms with van der Waals surface area (Å²) in [5, 5.41) is 9.40. The first-order valence-corrected chi connectivity index (χ1v) is 10.4. The molecular weight excluding hydrogens is 463 g/mol. The maximum absolute atomic E-state index is 12.9. The molecule has 0 aliphatic rings. The predicted octanol–water partition coefficient (Wildman–Crippen LogP) is 3.26. The summed E-state index contributed by atoms with van der Waals surface area (Å²) in [6.07, 6.45) is 1.36. The van der Waals surface area contributed by atoms with E-state index in [1.807, 2.05) is 0 Å². The topological polar surface area (TPSA) is 109 Å². The highest BCUT2D eigenvalue weighted by Crippen LogP contribution is 2.12. The number of benzene rings is 3. The molecule has 0 fully saturated rings. The molecule has 3 aromatic carbocycles. The van der Waals surface area contributed by atoms with E-state index in [-0.39, 0.29) is 13.2 Å². The Bertz CT molecular complexity index is 1170. The highest BCUT2D eigenvalue weighted by Gasteiger charge is 2.12. The number of anilines is 1. The van der Waals surface area contributed by atoms with Crippen LogP contribution in [0.2, 0.25) is 5.02 Å². The summed E-state index contributed by atoms with van der Waals surface area (Å²) in [6.45, 7) is -0.0531. The lowest BCUT2D eigenvalue weighted by Gasteiger charge is -2.07. The van der Waals surface area contributed by atoms with Crippen LogP contribution in [0.3, 0.4) is 0 Å². The molecule has 0 bridgehead atoms. The van der Waals surface area contributed by atoms with Gasteiger partial charge in [0.25, 0.3) is 5.91 Å². The van der Waals surface area contributed by atoms with Crippen LogP contribution in [0, 0.1) is 5.82 Å². The number of ether oxygens (including phenoxy) is 1. The van der Waals surface area contributed by atoms with Crippen molar-refractivity contribution in [1.82, 2.24) is 10.7 Å². The standard InChI is InChI=1S/C24H20ClFN4O4/c25-18-5-1-16(2-6-18)13-27-23(32)24(33)30-28-14-17-3-11-21(12-4-17)34-15-22(31)29-20-9-7-19(26)8-10-20/h1-12,14H,13,15H2,(H,27,32)(H,29,31)(H,30,33)/b28-14-. The molecule has 3 N–H and O–H groups in total. The summed E-state index contributed by atoms with van der Waals surface area (Å²) in [5.41, 5.74) is 4.03. The molecular formula is C24H20ClFN4O4. The first-order chi connectivity index (χ1) is 16.4. The molecule has 8 nitrogen and oxygen atoms in total. The largest absolute Gasteiger partial charge is 0.484 e. The molecule has 174 valence electrons. The van der Waals surface area contributed by atoms with Crippen LogP contribution in [0.1, 0.15) is 11.1 Å². The number of rotatable bonds is 8. The Labute approximate surface area is 199 Å². The van der Waals surface area contributed by atoms with Crippen LogP contribution < -0.4 is 20.8 Å². The van der Waals surface area contributed by atoms with E-state index in [0.717, 1.165) is 5.56 Å². The molecule has 0 heterocycles. The van der Waals surface area contributed by atoms with Gasteiger partial charge in [-0.05, 0) is 71.8 Å². The van der Waals surface area contributed by atoms with Gasteiger partial charge in [0, 0.05) is 17.3 Å². The van der Waals surface area contributed by atoms with Gasteiger partial charge in [0.1, 0.15) is 11.6 Å². The van der Waals surface area contributed by atoms with E-state index in [0.29, 0.717) is 22.0 Å². The molecule has 3 aromatic rings. The number of carbonyl (C=O) groups is 3. The fraction of sp³-hybridized carbons (Fsp3) is 0.0833. The maximum Gasteiger partial charge on any atom is 0.329 e. The van der Waals surface area contributed by atoms with Crippen molar-refractivity contribution in [1.29, 1.82) is 0 Å². The number of hydrogen-bond donors (Lipinski definition) is 3. The fourth-order valence-corrected chi connectivity index (χ4v) is 2.74. The number of carbonyl (C=O) groups excluding carboxylic acids is 3. The lowest BCUT2D eigenvalue weighted by molar-refractivity contribution is -0.139. The fourth-order valence-electron chi connectivity index (χ4n) is 2.61. The summed E-state index contributed by atoms with van der Waals surface area (Å²) in [6, 6.07) is 18.8. The molecule has 0 aliphatic carbocycles. The van der Waals surface area contributed by atoms with E-state index in [2.05, 4.69) is 21.2 Å². The smallest absolute Gasteiger partial charge is 0.329 e. The molecule has 0 aromatic heterocycles. The molecule has 0 saturated heterocycles. The molecule has 0 spiro atoms. The monoisotopic (exact) mass is 482 g/mol. The molecule has 3 amide bonds. The second kappa shape index (κ2) is 12.1. The first kappa shape index (κ1) is 24.4. The molecule has 34 heavy (non-hydrogen) atoms. The van der Waals surface area contributed by atoms with Gasteiger partial charge >= 0.3 is 11.8 Å². The quantitative estimate of drug-likeness (QED) is 0.260. The summed E-state index contributed by atoms with van der Waals surface area (Å²) in [5.74, 6) is -2.08. The van der Waals surface area contributed by atoms with Crippen LogP contribution in [0.4, 0.5) is 10.1 Å². The number of nitrogens with zero attached hydrogens (tertiary/aromatic N) is 1. The van der Waals surface area contributed by atoms with Gasteiger partial charge in [0.15, 0.2) is 6.61 Å². The van der Waals surface area contributed by atoms with Crippen molar-refractivity contribution in [2.24, 2.45) is 5.10 Å². The third-order valence-electron chi connectivity index (χ3n) is 4.33. The van der Waals surface area contributed by atoms with Gasteiger partial charge in [-0.2, -0.15) is 5.10 Å². The summed E-state index contributed by atoms with van der Waals surface area (Å²) < 4.78 is 18.3.